The summed E-state index contributed by atoms with van der Waals surface area (Å²) in [6, 6.07) is 4.00. The van der Waals surface area contributed by atoms with Gasteiger partial charge in [-0.2, -0.15) is 0 Å². The molecule has 0 amide bonds. The van der Waals surface area contributed by atoms with Gasteiger partial charge in [-0.05, 0) is 47.4 Å². The van der Waals surface area contributed by atoms with Crippen LogP contribution in [-0.4, -0.2) is 34.0 Å². The van der Waals surface area contributed by atoms with Gasteiger partial charge in [0.25, 0.3) is 0 Å². The third-order valence-corrected chi connectivity index (χ3v) is 3.68. The standard InChI is InChI=1S/C12H17BrN4O/c13-10-3-4-11(15-6-10)8-17-5-1-2-9(7-17)12(14)16-18/h3-4,6,9,18H,1-2,5,7-8H2,(H2,14,16). The van der Waals surface area contributed by atoms with E-state index in [0.717, 1.165) is 42.6 Å². The van der Waals surface area contributed by atoms with Gasteiger partial charge in [-0.25, -0.2) is 0 Å². The normalized spacial score (nSPS) is 22.1. The van der Waals surface area contributed by atoms with E-state index < -0.39 is 0 Å². The van der Waals surface area contributed by atoms with Crippen molar-refractivity contribution in [1.29, 1.82) is 0 Å². The molecule has 0 bridgehead atoms. The second kappa shape index (κ2) is 6.15. The maximum Gasteiger partial charge on any atom is 0.143 e. The zero-order valence-electron chi connectivity index (χ0n) is 10.1. The first-order chi connectivity index (χ1) is 8.69. The number of pyridine rings is 1. The SMILES string of the molecule is N/C(=N/O)C1CCCN(Cc2ccc(Br)cn2)C1. The number of nitrogens with zero attached hydrogens (tertiary/aromatic N) is 3. The molecule has 1 aromatic rings. The summed E-state index contributed by atoms with van der Waals surface area (Å²) in [7, 11) is 0. The van der Waals surface area contributed by atoms with E-state index in [-0.39, 0.29) is 5.92 Å². The number of hydrogen-bond donors (Lipinski definition) is 2. The van der Waals surface area contributed by atoms with Gasteiger partial charge in [-0.15, -0.1) is 0 Å². The zero-order chi connectivity index (χ0) is 13.0. The second-order valence-corrected chi connectivity index (χ2v) is 5.48. The zero-order valence-corrected chi connectivity index (χ0v) is 11.7. The van der Waals surface area contributed by atoms with Crippen LogP contribution in [0.15, 0.2) is 28.0 Å². The topological polar surface area (TPSA) is 74.7 Å². The number of oxime groups is 1. The lowest BCUT2D eigenvalue weighted by atomic mass is 9.97. The molecule has 0 spiro atoms. The lowest BCUT2D eigenvalue weighted by Crippen LogP contribution is -2.40. The summed E-state index contributed by atoms with van der Waals surface area (Å²) in [6.45, 7) is 2.67. The molecule has 98 valence electrons. The van der Waals surface area contributed by atoms with Gasteiger partial charge in [0.1, 0.15) is 5.84 Å². The monoisotopic (exact) mass is 312 g/mol. The summed E-state index contributed by atoms with van der Waals surface area (Å²) in [5.41, 5.74) is 6.71. The van der Waals surface area contributed by atoms with Crippen LogP contribution in [-0.2, 0) is 6.54 Å². The molecule has 18 heavy (non-hydrogen) atoms. The van der Waals surface area contributed by atoms with E-state index in [1.54, 1.807) is 6.20 Å². The van der Waals surface area contributed by atoms with Crippen molar-refractivity contribution in [2.24, 2.45) is 16.8 Å². The summed E-state index contributed by atoms with van der Waals surface area (Å²) in [5, 5.41) is 11.8. The molecule has 1 atom stereocenters. The lowest BCUT2D eigenvalue weighted by Gasteiger charge is -2.31. The van der Waals surface area contributed by atoms with E-state index in [4.69, 9.17) is 10.9 Å². The minimum atomic E-state index is 0.152. The van der Waals surface area contributed by atoms with Crippen LogP contribution in [0, 0.1) is 5.92 Å². The predicted molar refractivity (Wildman–Crippen MR) is 73.3 cm³/mol. The van der Waals surface area contributed by atoms with Crippen molar-refractivity contribution >= 4 is 21.8 Å². The van der Waals surface area contributed by atoms with Crippen molar-refractivity contribution in [3.63, 3.8) is 0 Å². The van der Waals surface area contributed by atoms with Gasteiger partial charge in [-0.1, -0.05) is 5.16 Å². The minimum absolute atomic E-state index is 0.152. The first-order valence-corrected chi connectivity index (χ1v) is 6.78. The molecule has 3 N–H and O–H groups in total. The highest BCUT2D eigenvalue weighted by Gasteiger charge is 2.23. The van der Waals surface area contributed by atoms with Gasteiger partial charge in [0, 0.05) is 29.7 Å². The van der Waals surface area contributed by atoms with Crippen molar-refractivity contribution in [3.8, 4) is 0 Å². The second-order valence-electron chi connectivity index (χ2n) is 4.57. The third kappa shape index (κ3) is 3.43. The molecular formula is C12H17BrN4O. The molecule has 2 heterocycles. The smallest absolute Gasteiger partial charge is 0.143 e. The molecule has 1 aliphatic heterocycles. The van der Waals surface area contributed by atoms with E-state index in [1.807, 2.05) is 12.1 Å². The Labute approximate surface area is 115 Å². The molecule has 0 aliphatic carbocycles. The van der Waals surface area contributed by atoms with Crippen LogP contribution < -0.4 is 5.73 Å². The Balaban J connectivity index is 1.95. The fourth-order valence-electron chi connectivity index (χ4n) is 2.25. The molecule has 0 radical (unpaired) electrons. The van der Waals surface area contributed by atoms with Gasteiger partial charge in [0.15, 0.2) is 0 Å². The average molecular weight is 313 g/mol. The van der Waals surface area contributed by atoms with Gasteiger partial charge >= 0.3 is 0 Å². The van der Waals surface area contributed by atoms with Crippen LogP contribution in [0.5, 0.6) is 0 Å². The Hall–Kier alpha value is -1.14. The Morgan fingerprint density at radius 1 is 1.61 bits per heavy atom. The van der Waals surface area contributed by atoms with Crippen LogP contribution >= 0.6 is 15.9 Å². The number of aromatic nitrogens is 1. The molecule has 1 fully saturated rings. The van der Waals surface area contributed by atoms with E-state index in [0.29, 0.717) is 5.84 Å². The van der Waals surface area contributed by atoms with Gasteiger partial charge in [-0.3, -0.25) is 9.88 Å². The first kappa shape index (κ1) is 13.3. The molecule has 2 rings (SSSR count). The first-order valence-electron chi connectivity index (χ1n) is 5.99. The summed E-state index contributed by atoms with van der Waals surface area (Å²) < 4.78 is 0.986. The average Bonchev–Trinajstić information content (AvgIpc) is 2.41. The van der Waals surface area contributed by atoms with Crippen LogP contribution in [0.1, 0.15) is 18.5 Å². The Bertz CT molecular complexity index is 421. The van der Waals surface area contributed by atoms with Crippen LogP contribution in [0.25, 0.3) is 0 Å². The molecule has 1 saturated heterocycles. The Morgan fingerprint density at radius 3 is 3.11 bits per heavy atom. The summed E-state index contributed by atoms with van der Waals surface area (Å²) >= 11 is 3.37. The Morgan fingerprint density at radius 2 is 2.44 bits per heavy atom. The van der Waals surface area contributed by atoms with Gasteiger partial charge in [0.2, 0.25) is 0 Å². The van der Waals surface area contributed by atoms with E-state index in [9.17, 15) is 0 Å². The number of halogens is 1. The highest BCUT2D eigenvalue weighted by molar-refractivity contribution is 9.10. The highest BCUT2D eigenvalue weighted by Crippen LogP contribution is 2.18. The number of rotatable bonds is 3. The maximum atomic E-state index is 8.72. The van der Waals surface area contributed by atoms with Crippen LogP contribution in [0.2, 0.25) is 0 Å². The number of nitrogens with two attached hydrogens (primary N) is 1. The Kier molecular flexibility index (Phi) is 4.54. The van der Waals surface area contributed by atoms with Crippen molar-refractivity contribution in [3.05, 3.63) is 28.5 Å². The molecule has 1 aromatic heterocycles. The minimum Gasteiger partial charge on any atom is -0.409 e. The predicted octanol–water partition coefficient (Wildman–Crippen LogP) is 1.80. The quantitative estimate of drug-likeness (QED) is 0.386. The van der Waals surface area contributed by atoms with Crippen LogP contribution in [0.3, 0.4) is 0 Å². The van der Waals surface area contributed by atoms with E-state index >= 15 is 0 Å². The number of piperidine rings is 1. The van der Waals surface area contributed by atoms with Gasteiger partial charge in [0.05, 0.1) is 5.69 Å². The number of hydrogen-bond acceptors (Lipinski definition) is 4. The summed E-state index contributed by atoms with van der Waals surface area (Å²) in [5.74, 6) is 0.489. The van der Waals surface area contributed by atoms with Crippen molar-refractivity contribution in [2.45, 2.75) is 19.4 Å². The number of likely N-dealkylation sites (tertiary alicyclic amines) is 1. The molecule has 6 heteroatoms. The lowest BCUT2D eigenvalue weighted by molar-refractivity contribution is 0.191. The summed E-state index contributed by atoms with van der Waals surface area (Å²) in [4.78, 5) is 6.66. The molecule has 5 nitrogen and oxygen atoms in total. The molecule has 1 aliphatic rings. The molecule has 0 saturated carbocycles. The van der Waals surface area contributed by atoms with Crippen molar-refractivity contribution in [2.75, 3.05) is 13.1 Å². The fourth-order valence-corrected chi connectivity index (χ4v) is 2.49. The van der Waals surface area contributed by atoms with E-state index in [1.165, 1.54) is 0 Å². The molecule has 0 aromatic carbocycles. The third-order valence-electron chi connectivity index (χ3n) is 3.21. The maximum absolute atomic E-state index is 8.72. The van der Waals surface area contributed by atoms with Crippen LogP contribution in [0.4, 0.5) is 0 Å². The largest absolute Gasteiger partial charge is 0.409 e. The highest BCUT2D eigenvalue weighted by atomic mass is 79.9. The fraction of sp³-hybridized carbons (Fsp3) is 0.500. The summed E-state index contributed by atoms with van der Waals surface area (Å²) in [6.07, 6.45) is 3.86. The van der Waals surface area contributed by atoms with Crippen molar-refractivity contribution in [1.82, 2.24) is 9.88 Å². The number of amidine groups is 1. The molecular weight excluding hydrogens is 296 g/mol. The molecule has 1 unspecified atom stereocenters. The van der Waals surface area contributed by atoms with Gasteiger partial charge < -0.3 is 10.9 Å². The van der Waals surface area contributed by atoms with Crippen molar-refractivity contribution < 1.29 is 5.21 Å². The van der Waals surface area contributed by atoms with E-state index in [2.05, 4.69) is 31.0 Å².